The lowest BCUT2D eigenvalue weighted by Gasteiger charge is -2.59. The first-order valence-corrected chi connectivity index (χ1v) is 13.1. The van der Waals surface area contributed by atoms with Crippen LogP contribution in [0.25, 0.3) is 0 Å². The van der Waals surface area contributed by atoms with Crippen LogP contribution in [0.1, 0.15) is 79.1 Å². The molecule has 4 nitrogen and oxygen atoms in total. The second-order valence-corrected chi connectivity index (χ2v) is 12.8. The molecule has 0 radical (unpaired) electrons. The van der Waals surface area contributed by atoms with Crippen LogP contribution in [0.4, 0.5) is 0 Å². The van der Waals surface area contributed by atoms with Crippen LogP contribution in [0.5, 0.6) is 0 Å². The Hall–Kier alpha value is -0.420. The van der Waals surface area contributed by atoms with Gasteiger partial charge in [0, 0.05) is 24.2 Å². The van der Waals surface area contributed by atoms with Crippen LogP contribution in [0.3, 0.4) is 0 Å². The van der Waals surface area contributed by atoms with Gasteiger partial charge < -0.3 is 19.7 Å². The van der Waals surface area contributed by atoms with Crippen molar-refractivity contribution in [1.29, 1.82) is 0 Å². The third-order valence-electron chi connectivity index (χ3n) is 11.4. The SMILES string of the molecule is C[C@H]1CC[C@@]2(OC1)O[C@H]1C[C@H]3[C@H]4CC=C5C[C@@H](O)C[C@@H](O)[C@]5(C)[C@@H]4CC[C@]3(C)[C@H]1[C@@H]2C. The fraction of sp³-hybridized carbons (Fsp3) is 0.926. The Morgan fingerprint density at radius 1 is 1.03 bits per heavy atom. The molecule has 4 aliphatic carbocycles. The first-order valence-electron chi connectivity index (χ1n) is 13.1. The number of ether oxygens (including phenoxy) is 2. The van der Waals surface area contributed by atoms with Gasteiger partial charge in [-0.3, -0.25) is 0 Å². The zero-order chi connectivity index (χ0) is 21.8. The van der Waals surface area contributed by atoms with Crippen molar-refractivity contribution in [3.05, 3.63) is 11.6 Å². The monoisotopic (exact) mass is 430 g/mol. The van der Waals surface area contributed by atoms with Gasteiger partial charge in [-0.1, -0.05) is 39.3 Å². The maximum Gasteiger partial charge on any atom is 0.171 e. The molecule has 6 rings (SSSR count). The highest BCUT2D eigenvalue weighted by Crippen LogP contribution is 2.70. The maximum atomic E-state index is 11.1. The third kappa shape index (κ3) is 2.68. The van der Waals surface area contributed by atoms with Gasteiger partial charge in [0.05, 0.1) is 24.9 Å². The van der Waals surface area contributed by atoms with Crippen molar-refractivity contribution in [2.45, 2.75) is 103 Å². The third-order valence-corrected chi connectivity index (χ3v) is 11.4. The van der Waals surface area contributed by atoms with E-state index < -0.39 is 6.10 Å². The number of aliphatic hydroxyl groups is 2. The summed E-state index contributed by atoms with van der Waals surface area (Å²) in [7, 11) is 0. The molecule has 2 aliphatic heterocycles. The van der Waals surface area contributed by atoms with Gasteiger partial charge in [-0.25, -0.2) is 0 Å². The van der Waals surface area contributed by atoms with Gasteiger partial charge in [0.15, 0.2) is 5.79 Å². The topological polar surface area (TPSA) is 58.9 Å². The van der Waals surface area contributed by atoms with Crippen LogP contribution in [0, 0.1) is 46.3 Å². The largest absolute Gasteiger partial charge is 0.393 e. The molecule has 2 heterocycles. The second-order valence-electron chi connectivity index (χ2n) is 12.8. The Bertz CT molecular complexity index is 769. The molecule has 6 aliphatic rings. The minimum atomic E-state index is -0.420. The van der Waals surface area contributed by atoms with Crippen molar-refractivity contribution in [2.24, 2.45) is 46.3 Å². The summed E-state index contributed by atoms with van der Waals surface area (Å²) in [6, 6.07) is 0. The molecule has 0 aromatic rings. The fourth-order valence-corrected chi connectivity index (χ4v) is 9.72. The molecule has 1 spiro atoms. The lowest BCUT2D eigenvalue weighted by Crippen LogP contribution is -2.56. The quantitative estimate of drug-likeness (QED) is 0.548. The molecule has 31 heavy (non-hydrogen) atoms. The van der Waals surface area contributed by atoms with Gasteiger partial charge in [0.2, 0.25) is 0 Å². The Labute approximate surface area is 187 Å². The smallest absolute Gasteiger partial charge is 0.171 e. The van der Waals surface area contributed by atoms with Crippen molar-refractivity contribution in [3.8, 4) is 0 Å². The van der Waals surface area contributed by atoms with Crippen LogP contribution >= 0.6 is 0 Å². The lowest BCUT2D eigenvalue weighted by molar-refractivity contribution is -0.272. The molecular formula is C27H42O4. The highest BCUT2D eigenvalue weighted by atomic mass is 16.7. The summed E-state index contributed by atoms with van der Waals surface area (Å²) in [5.74, 6) is 3.17. The highest BCUT2D eigenvalue weighted by Gasteiger charge is 2.69. The average molecular weight is 431 g/mol. The van der Waals surface area contributed by atoms with Gasteiger partial charge in [0.25, 0.3) is 0 Å². The molecule has 2 N–H and O–H groups in total. The number of allylic oxidation sites excluding steroid dienone is 1. The van der Waals surface area contributed by atoms with Crippen LogP contribution in [0.2, 0.25) is 0 Å². The van der Waals surface area contributed by atoms with E-state index in [4.69, 9.17) is 9.47 Å². The van der Waals surface area contributed by atoms with E-state index in [1.54, 1.807) is 0 Å². The first-order chi connectivity index (χ1) is 14.7. The molecule has 0 amide bonds. The Morgan fingerprint density at radius 3 is 2.58 bits per heavy atom. The summed E-state index contributed by atoms with van der Waals surface area (Å²) < 4.78 is 13.3. The predicted molar refractivity (Wildman–Crippen MR) is 119 cm³/mol. The maximum absolute atomic E-state index is 11.1. The molecule has 4 heteroatoms. The second kappa shape index (κ2) is 6.81. The molecule has 0 unspecified atom stereocenters. The van der Waals surface area contributed by atoms with Gasteiger partial charge in [-0.2, -0.15) is 0 Å². The van der Waals surface area contributed by atoms with E-state index in [-0.39, 0.29) is 17.3 Å². The predicted octanol–water partition coefficient (Wildman–Crippen LogP) is 4.68. The van der Waals surface area contributed by atoms with Crippen molar-refractivity contribution in [2.75, 3.05) is 6.61 Å². The average Bonchev–Trinajstić information content (AvgIpc) is 3.16. The molecule has 12 atom stereocenters. The van der Waals surface area contributed by atoms with Crippen LogP contribution in [0.15, 0.2) is 11.6 Å². The summed E-state index contributed by atoms with van der Waals surface area (Å²) in [6.07, 6.45) is 10.2. The van der Waals surface area contributed by atoms with E-state index in [1.807, 2.05) is 0 Å². The molecule has 5 fully saturated rings. The lowest BCUT2D eigenvalue weighted by atomic mass is 9.46. The highest BCUT2D eigenvalue weighted by molar-refractivity contribution is 5.28. The minimum Gasteiger partial charge on any atom is -0.393 e. The van der Waals surface area contributed by atoms with Crippen LogP contribution < -0.4 is 0 Å². The van der Waals surface area contributed by atoms with E-state index >= 15 is 0 Å². The first kappa shape index (κ1) is 21.1. The minimum absolute atomic E-state index is 0.155. The van der Waals surface area contributed by atoms with Crippen molar-refractivity contribution < 1.29 is 19.7 Å². The normalized spacial score (nSPS) is 60.7. The standard InChI is InChI=1S/C27H42O4/c1-15-7-10-27(30-14-15)16(2)24-22(31-27)13-21-19-6-5-17-11-18(28)12-23(29)26(17,4)20(19)8-9-25(21,24)3/h5,15-16,18-24,28-29H,6-14H2,1-4H3/t15-,16-,18+,19-,20+,21-,22-,23+,24-,25-,26-,27+/m0/s1. The Kier molecular flexibility index (Phi) is 4.64. The summed E-state index contributed by atoms with van der Waals surface area (Å²) in [5.41, 5.74) is 1.48. The van der Waals surface area contributed by atoms with Crippen molar-refractivity contribution in [3.63, 3.8) is 0 Å². The van der Waals surface area contributed by atoms with E-state index in [0.29, 0.717) is 53.4 Å². The molecule has 3 saturated carbocycles. The van der Waals surface area contributed by atoms with Gasteiger partial charge in [0.1, 0.15) is 0 Å². The molecule has 2 saturated heterocycles. The zero-order valence-corrected chi connectivity index (χ0v) is 19.8. The molecule has 174 valence electrons. The molecular weight excluding hydrogens is 388 g/mol. The van der Waals surface area contributed by atoms with E-state index in [0.717, 1.165) is 32.3 Å². The number of hydrogen-bond donors (Lipinski definition) is 2. The Morgan fingerprint density at radius 2 is 1.84 bits per heavy atom. The number of fused-ring (bicyclic) bond motifs is 7. The summed E-state index contributed by atoms with van der Waals surface area (Å²) >= 11 is 0. The zero-order valence-electron chi connectivity index (χ0n) is 19.8. The van der Waals surface area contributed by atoms with Gasteiger partial charge >= 0.3 is 0 Å². The molecule has 0 aromatic carbocycles. The van der Waals surface area contributed by atoms with E-state index in [1.165, 1.54) is 24.8 Å². The van der Waals surface area contributed by atoms with Crippen molar-refractivity contribution in [1.82, 2.24) is 0 Å². The van der Waals surface area contributed by atoms with Crippen LogP contribution in [-0.4, -0.2) is 40.9 Å². The summed E-state index contributed by atoms with van der Waals surface area (Å²) in [6.45, 7) is 10.4. The Balaban J connectivity index is 1.29. The van der Waals surface area contributed by atoms with Gasteiger partial charge in [-0.05, 0) is 73.5 Å². The van der Waals surface area contributed by atoms with Crippen molar-refractivity contribution >= 4 is 0 Å². The summed E-state index contributed by atoms with van der Waals surface area (Å²) in [5, 5.41) is 21.4. The van der Waals surface area contributed by atoms with Gasteiger partial charge in [-0.15, -0.1) is 0 Å². The molecule has 0 aromatic heterocycles. The van der Waals surface area contributed by atoms with E-state index in [9.17, 15) is 10.2 Å². The molecule has 0 bridgehead atoms. The number of aliphatic hydroxyl groups excluding tert-OH is 2. The summed E-state index contributed by atoms with van der Waals surface area (Å²) in [4.78, 5) is 0. The van der Waals surface area contributed by atoms with Crippen LogP contribution in [-0.2, 0) is 9.47 Å². The van der Waals surface area contributed by atoms with E-state index in [2.05, 4.69) is 33.8 Å². The number of hydrogen-bond acceptors (Lipinski definition) is 4. The fourth-order valence-electron chi connectivity index (χ4n) is 9.72. The number of rotatable bonds is 0.